The van der Waals surface area contributed by atoms with Gasteiger partial charge in [-0.1, -0.05) is 42.5 Å². The smallest absolute Gasteiger partial charge is 0.189 e. The Labute approximate surface area is 125 Å². The van der Waals surface area contributed by atoms with Gasteiger partial charge in [0, 0.05) is 16.7 Å². The minimum Gasteiger partial charge on any atom is -0.496 e. The second kappa shape index (κ2) is 5.96. The summed E-state index contributed by atoms with van der Waals surface area (Å²) < 4.78 is 5.37. The Bertz CT molecular complexity index is 698. The van der Waals surface area contributed by atoms with Crippen LogP contribution in [0.25, 0.3) is 6.08 Å². The van der Waals surface area contributed by atoms with Gasteiger partial charge in [-0.25, -0.2) is 0 Å². The number of hydrogen-bond donors (Lipinski definition) is 0. The summed E-state index contributed by atoms with van der Waals surface area (Å²) in [5.74, 6) is 0.948. The van der Waals surface area contributed by atoms with Crippen molar-refractivity contribution in [1.29, 1.82) is 0 Å². The molecule has 1 aliphatic rings. The molecule has 2 heteroatoms. The Morgan fingerprint density at radius 1 is 1.00 bits per heavy atom. The first-order valence-corrected chi connectivity index (χ1v) is 7.26. The Morgan fingerprint density at radius 2 is 1.76 bits per heavy atom. The van der Waals surface area contributed by atoms with Crippen LogP contribution in [-0.2, 0) is 6.42 Å². The number of rotatable bonds is 2. The van der Waals surface area contributed by atoms with E-state index in [1.807, 2.05) is 48.5 Å². The number of Topliss-reactive ketones (excluding diaryl/α,β-unsaturated/α-hetero) is 1. The average Bonchev–Trinajstić information content (AvgIpc) is 2.68. The van der Waals surface area contributed by atoms with E-state index in [4.69, 9.17) is 4.74 Å². The first-order valence-electron chi connectivity index (χ1n) is 7.26. The van der Waals surface area contributed by atoms with E-state index in [0.717, 1.165) is 47.3 Å². The van der Waals surface area contributed by atoms with Crippen LogP contribution >= 0.6 is 0 Å². The molecule has 0 saturated heterocycles. The third-order valence-corrected chi connectivity index (χ3v) is 3.91. The van der Waals surface area contributed by atoms with Crippen LogP contribution in [0.2, 0.25) is 0 Å². The zero-order valence-corrected chi connectivity index (χ0v) is 12.1. The van der Waals surface area contributed by atoms with Crippen LogP contribution in [0.1, 0.15) is 34.3 Å². The second-order valence-electron chi connectivity index (χ2n) is 5.25. The second-order valence-corrected chi connectivity index (χ2v) is 5.25. The molecule has 0 atom stereocenters. The monoisotopic (exact) mass is 278 g/mol. The highest BCUT2D eigenvalue weighted by Gasteiger charge is 2.19. The summed E-state index contributed by atoms with van der Waals surface area (Å²) in [4.78, 5) is 12.7. The lowest BCUT2D eigenvalue weighted by Crippen LogP contribution is -2.03. The van der Waals surface area contributed by atoms with Gasteiger partial charge < -0.3 is 4.74 Å². The molecule has 0 saturated carbocycles. The molecule has 0 aliphatic heterocycles. The van der Waals surface area contributed by atoms with Crippen LogP contribution in [0, 0.1) is 0 Å². The summed E-state index contributed by atoms with van der Waals surface area (Å²) in [7, 11) is 1.65. The van der Waals surface area contributed by atoms with E-state index in [0.29, 0.717) is 0 Å². The van der Waals surface area contributed by atoms with Gasteiger partial charge in [-0.2, -0.15) is 0 Å². The fraction of sp³-hybridized carbons (Fsp3) is 0.211. The highest BCUT2D eigenvalue weighted by molar-refractivity contribution is 6.12. The number of carbonyl (C=O) groups excluding carboxylic acids is 1. The summed E-state index contributed by atoms with van der Waals surface area (Å²) in [6, 6.07) is 15.7. The van der Waals surface area contributed by atoms with Gasteiger partial charge in [-0.15, -0.1) is 0 Å². The van der Waals surface area contributed by atoms with E-state index in [9.17, 15) is 4.79 Å². The molecule has 106 valence electrons. The van der Waals surface area contributed by atoms with E-state index in [2.05, 4.69) is 6.07 Å². The van der Waals surface area contributed by atoms with Crippen LogP contribution < -0.4 is 4.74 Å². The van der Waals surface area contributed by atoms with Gasteiger partial charge in [0.1, 0.15) is 5.75 Å². The summed E-state index contributed by atoms with van der Waals surface area (Å²) in [5.41, 5.74) is 3.83. The van der Waals surface area contributed by atoms with E-state index >= 15 is 0 Å². The SMILES string of the molecule is COc1ccccc1/C=C1/CCCc2ccccc2C1=O. The number of hydrogen-bond acceptors (Lipinski definition) is 2. The number of ether oxygens (including phenoxy) is 1. The molecule has 2 aromatic rings. The van der Waals surface area contributed by atoms with Crippen molar-refractivity contribution >= 4 is 11.9 Å². The largest absolute Gasteiger partial charge is 0.496 e. The van der Waals surface area contributed by atoms with Crippen LogP contribution in [0.3, 0.4) is 0 Å². The minimum atomic E-state index is 0.147. The standard InChI is InChI=1S/C19H18O2/c1-21-18-12-5-3-8-15(18)13-16-10-6-9-14-7-2-4-11-17(14)19(16)20/h2-5,7-8,11-13H,6,9-10H2,1H3/b16-13-. The predicted octanol–water partition coefficient (Wildman–Crippen LogP) is 4.30. The molecule has 0 radical (unpaired) electrons. The number of methoxy groups -OCH3 is 1. The van der Waals surface area contributed by atoms with Crippen molar-refractivity contribution in [2.45, 2.75) is 19.3 Å². The van der Waals surface area contributed by atoms with Gasteiger partial charge in [-0.05, 0) is 37.0 Å². The molecule has 3 rings (SSSR count). The zero-order chi connectivity index (χ0) is 14.7. The lowest BCUT2D eigenvalue weighted by Gasteiger charge is -2.07. The fourth-order valence-electron chi connectivity index (χ4n) is 2.83. The van der Waals surface area contributed by atoms with Crippen LogP contribution in [0.15, 0.2) is 54.1 Å². The maximum atomic E-state index is 12.7. The molecule has 21 heavy (non-hydrogen) atoms. The van der Waals surface area contributed by atoms with Crippen LogP contribution in [-0.4, -0.2) is 12.9 Å². The number of fused-ring (bicyclic) bond motifs is 1. The predicted molar refractivity (Wildman–Crippen MR) is 84.7 cm³/mol. The maximum absolute atomic E-state index is 12.7. The lowest BCUT2D eigenvalue weighted by molar-refractivity contribution is 0.103. The van der Waals surface area contributed by atoms with Gasteiger partial charge in [0.15, 0.2) is 5.78 Å². The Morgan fingerprint density at radius 3 is 2.62 bits per heavy atom. The summed E-state index contributed by atoms with van der Waals surface area (Å²) in [6.07, 6.45) is 4.75. The number of aryl methyl sites for hydroxylation is 1. The van der Waals surface area contributed by atoms with Gasteiger partial charge in [0.05, 0.1) is 7.11 Å². The van der Waals surface area contributed by atoms with Crippen molar-refractivity contribution in [1.82, 2.24) is 0 Å². The Balaban J connectivity index is 2.03. The molecular weight excluding hydrogens is 260 g/mol. The highest BCUT2D eigenvalue weighted by atomic mass is 16.5. The number of allylic oxidation sites excluding steroid dienone is 1. The molecule has 2 nitrogen and oxygen atoms in total. The first kappa shape index (κ1) is 13.6. The van der Waals surface area contributed by atoms with Gasteiger partial charge in [0.25, 0.3) is 0 Å². The summed E-state index contributed by atoms with van der Waals surface area (Å²) >= 11 is 0. The van der Waals surface area contributed by atoms with Crippen molar-refractivity contribution in [2.75, 3.05) is 7.11 Å². The third-order valence-electron chi connectivity index (χ3n) is 3.91. The lowest BCUT2D eigenvalue weighted by atomic mass is 9.98. The molecule has 0 spiro atoms. The average molecular weight is 278 g/mol. The molecule has 0 heterocycles. The van der Waals surface area contributed by atoms with Crippen LogP contribution in [0.4, 0.5) is 0 Å². The Hall–Kier alpha value is -2.35. The molecule has 0 unspecified atom stereocenters. The van der Waals surface area contributed by atoms with Gasteiger partial charge in [0.2, 0.25) is 0 Å². The van der Waals surface area contributed by atoms with E-state index in [-0.39, 0.29) is 5.78 Å². The van der Waals surface area contributed by atoms with Crippen molar-refractivity contribution in [2.24, 2.45) is 0 Å². The van der Waals surface area contributed by atoms with Crippen molar-refractivity contribution in [3.63, 3.8) is 0 Å². The van der Waals surface area contributed by atoms with E-state index in [1.165, 1.54) is 0 Å². The number of benzene rings is 2. The molecule has 2 aromatic carbocycles. The van der Waals surface area contributed by atoms with E-state index < -0.39 is 0 Å². The molecule has 0 fully saturated rings. The van der Waals surface area contributed by atoms with Crippen molar-refractivity contribution in [3.8, 4) is 5.75 Å². The normalized spacial score (nSPS) is 16.4. The molecule has 0 aromatic heterocycles. The minimum absolute atomic E-state index is 0.147. The molecule has 0 N–H and O–H groups in total. The topological polar surface area (TPSA) is 26.3 Å². The highest BCUT2D eigenvalue weighted by Crippen LogP contribution is 2.28. The molecule has 0 amide bonds. The summed E-state index contributed by atoms with van der Waals surface area (Å²) in [6.45, 7) is 0. The summed E-state index contributed by atoms with van der Waals surface area (Å²) in [5, 5.41) is 0. The Kier molecular flexibility index (Phi) is 3.87. The zero-order valence-electron chi connectivity index (χ0n) is 12.1. The quantitative estimate of drug-likeness (QED) is 0.605. The van der Waals surface area contributed by atoms with Crippen molar-refractivity contribution in [3.05, 3.63) is 70.8 Å². The van der Waals surface area contributed by atoms with Gasteiger partial charge in [-0.3, -0.25) is 4.79 Å². The maximum Gasteiger partial charge on any atom is 0.189 e. The molecular formula is C19H18O2. The van der Waals surface area contributed by atoms with Gasteiger partial charge >= 0.3 is 0 Å². The van der Waals surface area contributed by atoms with Crippen molar-refractivity contribution < 1.29 is 9.53 Å². The molecule has 1 aliphatic carbocycles. The first-order chi connectivity index (χ1) is 10.3. The number of para-hydroxylation sites is 1. The van der Waals surface area contributed by atoms with E-state index in [1.54, 1.807) is 7.11 Å². The number of carbonyl (C=O) groups is 1. The number of ketones is 1. The molecule has 0 bridgehead atoms. The third kappa shape index (κ3) is 2.75. The van der Waals surface area contributed by atoms with Crippen LogP contribution in [0.5, 0.6) is 5.75 Å². The fourth-order valence-corrected chi connectivity index (χ4v) is 2.83.